The zero-order valence-corrected chi connectivity index (χ0v) is 7.69. The standard InChI is InChI=1S/C9H10N4O/c1-5-2-3-7(10)6(4-5)8-12-9(11)13-14-8/h2-4H,10H2,1H3,(H2,11,13). The quantitative estimate of drug-likeness (QED) is 0.659. The Kier molecular flexibility index (Phi) is 1.85. The van der Waals surface area contributed by atoms with Crippen molar-refractivity contribution in [2.24, 2.45) is 0 Å². The molecule has 0 saturated heterocycles. The van der Waals surface area contributed by atoms with Crippen LogP contribution in [0.3, 0.4) is 0 Å². The Labute approximate surface area is 80.7 Å². The van der Waals surface area contributed by atoms with Crippen LogP contribution in [0.5, 0.6) is 0 Å². The predicted molar refractivity (Wildman–Crippen MR) is 53.3 cm³/mol. The van der Waals surface area contributed by atoms with Crippen molar-refractivity contribution in [3.05, 3.63) is 23.8 Å². The zero-order valence-electron chi connectivity index (χ0n) is 7.69. The van der Waals surface area contributed by atoms with Gasteiger partial charge >= 0.3 is 0 Å². The molecule has 0 saturated carbocycles. The molecule has 0 unspecified atom stereocenters. The zero-order chi connectivity index (χ0) is 10.1. The van der Waals surface area contributed by atoms with Crippen molar-refractivity contribution >= 4 is 11.6 Å². The molecule has 0 bridgehead atoms. The van der Waals surface area contributed by atoms with E-state index in [-0.39, 0.29) is 5.95 Å². The van der Waals surface area contributed by atoms with Gasteiger partial charge < -0.3 is 16.0 Å². The number of anilines is 2. The van der Waals surface area contributed by atoms with E-state index in [1.54, 1.807) is 6.07 Å². The first-order valence-corrected chi connectivity index (χ1v) is 4.12. The lowest BCUT2D eigenvalue weighted by Gasteiger charge is -2.00. The second-order valence-corrected chi connectivity index (χ2v) is 3.05. The maximum atomic E-state index is 5.76. The van der Waals surface area contributed by atoms with Crippen molar-refractivity contribution in [1.82, 2.24) is 10.1 Å². The van der Waals surface area contributed by atoms with Crippen molar-refractivity contribution in [3.8, 4) is 11.5 Å². The predicted octanol–water partition coefficient (Wildman–Crippen LogP) is 1.21. The minimum absolute atomic E-state index is 0.112. The normalized spacial score (nSPS) is 10.4. The summed E-state index contributed by atoms with van der Waals surface area (Å²) >= 11 is 0. The van der Waals surface area contributed by atoms with Crippen molar-refractivity contribution < 1.29 is 4.52 Å². The second-order valence-electron chi connectivity index (χ2n) is 3.05. The number of benzene rings is 1. The molecule has 0 spiro atoms. The number of aryl methyl sites for hydroxylation is 1. The van der Waals surface area contributed by atoms with Crippen LogP contribution in [0.15, 0.2) is 22.7 Å². The van der Waals surface area contributed by atoms with Crippen molar-refractivity contribution in [3.63, 3.8) is 0 Å². The van der Waals surface area contributed by atoms with Gasteiger partial charge in [-0.3, -0.25) is 0 Å². The summed E-state index contributed by atoms with van der Waals surface area (Å²) in [5, 5.41) is 3.50. The summed E-state index contributed by atoms with van der Waals surface area (Å²) in [6.07, 6.45) is 0. The fourth-order valence-corrected chi connectivity index (χ4v) is 1.20. The van der Waals surface area contributed by atoms with Gasteiger partial charge in [0.25, 0.3) is 11.8 Å². The molecule has 1 heterocycles. The molecule has 1 aromatic carbocycles. The van der Waals surface area contributed by atoms with Gasteiger partial charge in [-0.15, -0.1) is 0 Å². The molecule has 0 aliphatic carbocycles. The number of nitrogens with zero attached hydrogens (tertiary/aromatic N) is 2. The molecule has 0 aliphatic rings. The Bertz CT molecular complexity index is 464. The van der Waals surface area contributed by atoms with Crippen molar-refractivity contribution in [2.45, 2.75) is 6.92 Å². The largest absolute Gasteiger partial charge is 0.398 e. The van der Waals surface area contributed by atoms with Gasteiger partial charge in [0.2, 0.25) is 0 Å². The van der Waals surface area contributed by atoms with Gasteiger partial charge in [-0.1, -0.05) is 11.6 Å². The summed E-state index contributed by atoms with van der Waals surface area (Å²) in [6.45, 7) is 1.96. The van der Waals surface area contributed by atoms with Crippen LogP contribution in [0.2, 0.25) is 0 Å². The third kappa shape index (κ3) is 1.39. The molecule has 2 aromatic rings. The number of aromatic nitrogens is 2. The van der Waals surface area contributed by atoms with Crippen LogP contribution in [0.1, 0.15) is 5.56 Å². The van der Waals surface area contributed by atoms with Gasteiger partial charge in [0, 0.05) is 5.69 Å². The Balaban J connectivity index is 2.55. The van der Waals surface area contributed by atoms with E-state index < -0.39 is 0 Å². The van der Waals surface area contributed by atoms with E-state index in [1.165, 1.54) is 0 Å². The molecule has 0 aliphatic heterocycles. The lowest BCUT2D eigenvalue weighted by molar-refractivity contribution is 0.433. The maximum absolute atomic E-state index is 5.76. The molecule has 4 N–H and O–H groups in total. The molecule has 2 rings (SSSR count). The van der Waals surface area contributed by atoms with E-state index in [0.29, 0.717) is 17.1 Å². The van der Waals surface area contributed by atoms with Crippen LogP contribution in [0.25, 0.3) is 11.5 Å². The van der Waals surface area contributed by atoms with Crippen molar-refractivity contribution in [1.29, 1.82) is 0 Å². The lowest BCUT2D eigenvalue weighted by atomic mass is 10.1. The summed E-state index contributed by atoms with van der Waals surface area (Å²) < 4.78 is 4.92. The van der Waals surface area contributed by atoms with Crippen LogP contribution in [0.4, 0.5) is 11.6 Å². The van der Waals surface area contributed by atoms with E-state index >= 15 is 0 Å². The van der Waals surface area contributed by atoms with Gasteiger partial charge in [0.1, 0.15) is 0 Å². The summed E-state index contributed by atoms with van der Waals surface area (Å²) in [7, 11) is 0. The highest BCUT2D eigenvalue weighted by molar-refractivity contribution is 5.71. The number of nitrogens with two attached hydrogens (primary N) is 2. The van der Waals surface area contributed by atoms with E-state index in [2.05, 4.69) is 10.1 Å². The summed E-state index contributed by atoms with van der Waals surface area (Å²) in [5.74, 6) is 0.463. The summed E-state index contributed by atoms with van der Waals surface area (Å²) in [6, 6.07) is 5.59. The Hall–Kier alpha value is -2.04. The van der Waals surface area contributed by atoms with Crippen LogP contribution in [-0.4, -0.2) is 10.1 Å². The molecule has 5 nitrogen and oxygen atoms in total. The summed E-state index contributed by atoms with van der Waals surface area (Å²) in [5.41, 5.74) is 13.5. The van der Waals surface area contributed by atoms with Gasteiger partial charge in [-0.2, -0.15) is 4.98 Å². The average molecular weight is 190 g/mol. The van der Waals surface area contributed by atoms with E-state index in [0.717, 1.165) is 5.56 Å². The van der Waals surface area contributed by atoms with Gasteiger partial charge in [-0.25, -0.2) is 0 Å². The first-order valence-electron chi connectivity index (χ1n) is 4.12. The molecule has 14 heavy (non-hydrogen) atoms. The number of hydrogen-bond donors (Lipinski definition) is 2. The number of rotatable bonds is 1. The van der Waals surface area contributed by atoms with Crippen LogP contribution < -0.4 is 11.5 Å². The molecule has 0 fully saturated rings. The highest BCUT2D eigenvalue weighted by Gasteiger charge is 2.09. The minimum atomic E-state index is 0.112. The van der Waals surface area contributed by atoms with Gasteiger partial charge in [-0.05, 0) is 24.2 Å². The van der Waals surface area contributed by atoms with E-state index in [1.807, 2.05) is 19.1 Å². The average Bonchev–Trinajstić information content (AvgIpc) is 2.56. The minimum Gasteiger partial charge on any atom is -0.398 e. The molecule has 5 heteroatoms. The number of nitrogen functional groups attached to an aromatic ring is 2. The monoisotopic (exact) mass is 190 g/mol. The van der Waals surface area contributed by atoms with Crippen molar-refractivity contribution in [2.75, 3.05) is 11.5 Å². The third-order valence-electron chi connectivity index (χ3n) is 1.88. The molecular weight excluding hydrogens is 180 g/mol. The van der Waals surface area contributed by atoms with Gasteiger partial charge in [0.15, 0.2) is 0 Å². The van der Waals surface area contributed by atoms with Crippen LogP contribution >= 0.6 is 0 Å². The van der Waals surface area contributed by atoms with E-state index in [9.17, 15) is 0 Å². The molecule has 0 atom stereocenters. The Morgan fingerprint density at radius 1 is 1.29 bits per heavy atom. The first kappa shape index (κ1) is 8.55. The smallest absolute Gasteiger partial charge is 0.261 e. The van der Waals surface area contributed by atoms with Crippen LogP contribution in [-0.2, 0) is 0 Å². The highest BCUT2D eigenvalue weighted by atomic mass is 16.5. The van der Waals surface area contributed by atoms with E-state index in [4.69, 9.17) is 16.0 Å². The highest BCUT2D eigenvalue weighted by Crippen LogP contribution is 2.25. The third-order valence-corrected chi connectivity index (χ3v) is 1.88. The fraction of sp³-hybridized carbons (Fsp3) is 0.111. The summed E-state index contributed by atoms with van der Waals surface area (Å²) in [4.78, 5) is 3.90. The lowest BCUT2D eigenvalue weighted by Crippen LogP contribution is -1.91. The number of hydrogen-bond acceptors (Lipinski definition) is 5. The topological polar surface area (TPSA) is 91.0 Å². The molecule has 72 valence electrons. The molecule has 0 amide bonds. The molecule has 0 radical (unpaired) electrons. The van der Waals surface area contributed by atoms with Gasteiger partial charge in [0.05, 0.1) is 5.56 Å². The second kappa shape index (κ2) is 3.02. The molecular formula is C9H10N4O. The maximum Gasteiger partial charge on any atom is 0.261 e. The molecule has 1 aromatic heterocycles. The SMILES string of the molecule is Cc1ccc(N)c(-c2nc(N)no2)c1. The fourth-order valence-electron chi connectivity index (χ4n) is 1.20. The Morgan fingerprint density at radius 2 is 2.07 bits per heavy atom. The van der Waals surface area contributed by atoms with Crippen LogP contribution in [0, 0.1) is 6.92 Å². The first-order chi connectivity index (χ1) is 6.66. The Morgan fingerprint density at radius 3 is 2.71 bits per heavy atom.